The van der Waals surface area contributed by atoms with Crippen LogP contribution in [0.25, 0.3) is 11.0 Å². The number of rotatable bonds is 3. The number of hydrogen-bond acceptors (Lipinski definition) is 3. The summed E-state index contributed by atoms with van der Waals surface area (Å²) in [6, 6.07) is 13.4. The Morgan fingerprint density at radius 1 is 1.19 bits per heavy atom. The van der Waals surface area contributed by atoms with E-state index in [1.165, 1.54) is 0 Å². The fourth-order valence-electron chi connectivity index (χ4n) is 2.45. The normalized spacial score (nSPS) is 10.8. The molecule has 0 aliphatic rings. The summed E-state index contributed by atoms with van der Waals surface area (Å²) in [4.78, 5) is 12.1. The molecule has 0 saturated carbocycles. The minimum Gasteiger partial charge on any atom is -0.356 e. The number of carbonyl (C=O) groups excluding carboxylic acids is 1. The van der Waals surface area contributed by atoms with Crippen LogP contribution in [-0.2, 0) is 11.2 Å². The van der Waals surface area contributed by atoms with Crippen molar-refractivity contribution in [2.24, 2.45) is 0 Å². The second kappa shape index (κ2) is 5.40. The Bertz CT molecular complexity index is 791. The lowest BCUT2D eigenvalue weighted by molar-refractivity contribution is -0.115. The summed E-state index contributed by atoms with van der Waals surface area (Å²) in [5.41, 5.74) is 4.37. The molecule has 0 bridgehead atoms. The number of aryl methyl sites for hydroxylation is 2. The number of aromatic nitrogens is 1. The third-order valence-electron chi connectivity index (χ3n) is 3.36. The zero-order valence-electron chi connectivity index (χ0n) is 12.0. The third kappa shape index (κ3) is 2.79. The van der Waals surface area contributed by atoms with Gasteiger partial charge >= 0.3 is 0 Å². The Balaban J connectivity index is 1.83. The maximum absolute atomic E-state index is 12.1. The van der Waals surface area contributed by atoms with Crippen molar-refractivity contribution < 1.29 is 9.32 Å². The van der Waals surface area contributed by atoms with Gasteiger partial charge in [0.15, 0.2) is 5.58 Å². The van der Waals surface area contributed by atoms with Gasteiger partial charge in [0.05, 0.1) is 6.42 Å². The Morgan fingerprint density at radius 3 is 2.71 bits per heavy atom. The van der Waals surface area contributed by atoms with E-state index < -0.39 is 0 Å². The van der Waals surface area contributed by atoms with Crippen molar-refractivity contribution in [2.45, 2.75) is 20.3 Å². The molecule has 0 aliphatic heterocycles. The van der Waals surface area contributed by atoms with E-state index in [1.54, 1.807) is 0 Å². The molecule has 3 rings (SSSR count). The molecule has 0 atom stereocenters. The number of para-hydroxylation sites is 1. The van der Waals surface area contributed by atoms with Crippen LogP contribution in [0.15, 0.2) is 47.0 Å². The van der Waals surface area contributed by atoms with E-state index in [-0.39, 0.29) is 12.3 Å². The SMILES string of the molecule is Cc1cc(C)c2onc(CC(=O)Nc3ccccc3)c2c1. The van der Waals surface area contributed by atoms with Crippen LogP contribution in [0.5, 0.6) is 0 Å². The number of anilines is 1. The molecule has 0 spiro atoms. The number of fused-ring (bicyclic) bond motifs is 1. The quantitative estimate of drug-likeness (QED) is 0.797. The highest BCUT2D eigenvalue weighted by atomic mass is 16.5. The molecule has 106 valence electrons. The zero-order chi connectivity index (χ0) is 14.8. The van der Waals surface area contributed by atoms with Gasteiger partial charge in [-0.05, 0) is 43.2 Å². The molecule has 0 unspecified atom stereocenters. The molecule has 3 aromatic rings. The topological polar surface area (TPSA) is 55.1 Å². The van der Waals surface area contributed by atoms with Crippen molar-refractivity contribution in [3.63, 3.8) is 0 Å². The monoisotopic (exact) mass is 280 g/mol. The van der Waals surface area contributed by atoms with Crippen LogP contribution in [0.4, 0.5) is 5.69 Å². The molecule has 0 fully saturated rings. The largest absolute Gasteiger partial charge is 0.356 e. The highest BCUT2D eigenvalue weighted by molar-refractivity contribution is 5.95. The van der Waals surface area contributed by atoms with E-state index in [2.05, 4.69) is 10.5 Å². The van der Waals surface area contributed by atoms with Gasteiger partial charge in [0.2, 0.25) is 5.91 Å². The van der Waals surface area contributed by atoms with Crippen molar-refractivity contribution in [1.82, 2.24) is 5.16 Å². The number of hydrogen-bond donors (Lipinski definition) is 1. The van der Waals surface area contributed by atoms with Gasteiger partial charge in [-0.1, -0.05) is 29.4 Å². The first-order valence-electron chi connectivity index (χ1n) is 6.84. The lowest BCUT2D eigenvalue weighted by Crippen LogP contribution is -2.14. The van der Waals surface area contributed by atoms with Gasteiger partial charge in [-0.3, -0.25) is 4.79 Å². The number of nitrogens with zero attached hydrogens (tertiary/aromatic N) is 1. The van der Waals surface area contributed by atoms with Gasteiger partial charge < -0.3 is 9.84 Å². The molecule has 21 heavy (non-hydrogen) atoms. The van der Waals surface area contributed by atoms with Crippen molar-refractivity contribution in [3.05, 3.63) is 59.3 Å². The Labute approximate surface area is 122 Å². The standard InChI is InChI=1S/C17H16N2O2/c1-11-8-12(2)17-14(9-11)15(19-21-17)10-16(20)18-13-6-4-3-5-7-13/h3-9H,10H2,1-2H3,(H,18,20). The van der Waals surface area contributed by atoms with E-state index in [0.717, 1.165) is 27.8 Å². The maximum atomic E-state index is 12.1. The van der Waals surface area contributed by atoms with Crippen molar-refractivity contribution in [2.75, 3.05) is 5.32 Å². The summed E-state index contributed by atoms with van der Waals surface area (Å²) in [7, 11) is 0. The average molecular weight is 280 g/mol. The predicted molar refractivity (Wildman–Crippen MR) is 82.3 cm³/mol. The Kier molecular flexibility index (Phi) is 3.44. The van der Waals surface area contributed by atoms with Gasteiger partial charge in [-0.2, -0.15) is 0 Å². The van der Waals surface area contributed by atoms with E-state index in [1.807, 2.05) is 56.3 Å². The van der Waals surface area contributed by atoms with Crippen molar-refractivity contribution >= 4 is 22.6 Å². The first kappa shape index (κ1) is 13.4. The molecule has 1 aromatic heterocycles. The van der Waals surface area contributed by atoms with E-state index in [4.69, 9.17) is 4.52 Å². The summed E-state index contributed by atoms with van der Waals surface area (Å²) in [5, 5.41) is 7.81. The molecule has 4 nitrogen and oxygen atoms in total. The fourth-order valence-corrected chi connectivity index (χ4v) is 2.45. The van der Waals surface area contributed by atoms with Crippen LogP contribution in [0, 0.1) is 13.8 Å². The Morgan fingerprint density at radius 2 is 1.95 bits per heavy atom. The third-order valence-corrected chi connectivity index (χ3v) is 3.36. The number of carbonyl (C=O) groups is 1. The summed E-state index contributed by atoms with van der Waals surface area (Å²) in [5.74, 6) is -0.101. The smallest absolute Gasteiger partial charge is 0.230 e. The van der Waals surface area contributed by atoms with E-state index in [9.17, 15) is 4.79 Å². The van der Waals surface area contributed by atoms with Gasteiger partial charge in [-0.15, -0.1) is 0 Å². The van der Waals surface area contributed by atoms with Crippen LogP contribution in [0.2, 0.25) is 0 Å². The van der Waals surface area contributed by atoms with Gasteiger partial charge in [-0.25, -0.2) is 0 Å². The van der Waals surface area contributed by atoms with Crippen molar-refractivity contribution in [3.8, 4) is 0 Å². The minimum atomic E-state index is -0.101. The summed E-state index contributed by atoms with van der Waals surface area (Å²) in [6.07, 6.45) is 0.199. The van der Waals surface area contributed by atoms with Gasteiger partial charge in [0.25, 0.3) is 0 Å². The van der Waals surface area contributed by atoms with Crippen LogP contribution in [0.1, 0.15) is 16.8 Å². The van der Waals surface area contributed by atoms with Crippen molar-refractivity contribution in [1.29, 1.82) is 0 Å². The van der Waals surface area contributed by atoms with E-state index in [0.29, 0.717) is 5.69 Å². The lowest BCUT2D eigenvalue weighted by Gasteiger charge is -2.03. The molecule has 0 radical (unpaired) electrons. The fraction of sp³-hybridized carbons (Fsp3) is 0.176. The summed E-state index contributed by atoms with van der Waals surface area (Å²) >= 11 is 0. The Hall–Kier alpha value is -2.62. The predicted octanol–water partition coefficient (Wildman–Crippen LogP) is 3.63. The second-order valence-electron chi connectivity index (χ2n) is 5.18. The molecule has 2 aromatic carbocycles. The molecule has 0 aliphatic carbocycles. The van der Waals surface area contributed by atoms with Crippen LogP contribution in [-0.4, -0.2) is 11.1 Å². The maximum Gasteiger partial charge on any atom is 0.230 e. The lowest BCUT2D eigenvalue weighted by atomic mass is 10.1. The summed E-state index contributed by atoms with van der Waals surface area (Å²) in [6.45, 7) is 4.00. The molecule has 1 N–H and O–H groups in total. The van der Waals surface area contributed by atoms with E-state index >= 15 is 0 Å². The zero-order valence-corrected chi connectivity index (χ0v) is 12.0. The van der Waals surface area contributed by atoms with Gasteiger partial charge in [0, 0.05) is 11.1 Å². The molecule has 4 heteroatoms. The number of amides is 1. The first-order valence-corrected chi connectivity index (χ1v) is 6.84. The van der Waals surface area contributed by atoms with Crippen LogP contribution >= 0.6 is 0 Å². The highest BCUT2D eigenvalue weighted by Crippen LogP contribution is 2.24. The minimum absolute atomic E-state index is 0.101. The van der Waals surface area contributed by atoms with Crippen LogP contribution < -0.4 is 5.32 Å². The summed E-state index contributed by atoms with van der Waals surface area (Å²) < 4.78 is 5.36. The average Bonchev–Trinajstić information content (AvgIpc) is 2.83. The number of benzene rings is 2. The second-order valence-corrected chi connectivity index (χ2v) is 5.18. The molecular formula is C17H16N2O2. The first-order chi connectivity index (χ1) is 10.1. The molecule has 1 amide bonds. The van der Waals surface area contributed by atoms with Crippen LogP contribution in [0.3, 0.4) is 0 Å². The molecule has 0 saturated heterocycles. The molecule has 1 heterocycles. The molecular weight excluding hydrogens is 264 g/mol. The number of nitrogens with one attached hydrogen (secondary N) is 1. The van der Waals surface area contributed by atoms with Gasteiger partial charge in [0.1, 0.15) is 5.69 Å². The highest BCUT2D eigenvalue weighted by Gasteiger charge is 2.14.